The van der Waals surface area contributed by atoms with Gasteiger partial charge in [0.05, 0.1) is 20.3 Å². The topological polar surface area (TPSA) is 30.5 Å². The molecule has 0 radical (unpaired) electrons. The van der Waals surface area contributed by atoms with Crippen LogP contribution in [0.4, 0.5) is 5.69 Å². The van der Waals surface area contributed by atoms with Crippen molar-refractivity contribution in [1.29, 1.82) is 0 Å². The summed E-state index contributed by atoms with van der Waals surface area (Å²) in [5.41, 5.74) is 3.82. The van der Waals surface area contributed by atoms with E-state index in [1.165, 1.54) is 17.5 Å². The molecule has 0 spiro atoms. The maximum Gasteiger partial charge on any atom is 0.122 e. The van der Waals surface area contributed by atoms with Crippen molar-refractivity contribution in [2.45, 2.75) is 25.3 Å². The third kappa shape index (κ3) is 2.82. The second kappa shape index (κ2) is 6.08. The molecule has 0 unspecified atom stereocenters. The molecule has 0 bridgehead atoms. The van der Waals surface area contributed by atoms with Gasteiger partial charge in [0, 0.05) is 5.69 Å². The standard InChI is InChI=1S/C18H21NO2/c1-20-14-11-9-13(10-12-14)19-17-7-3-6-16-15(17)5-4-8-18(16)21-2/h4-5,8-12,17,19H,3,6-7H2,1-2H3/t17-/m1/s1. The first kappa shape index (κ1) is 13.8. The van der Waals surface area contributed by atoms with Crippen molar-refractivity contribution >= 4 is 5.69 Å². The summed E-state index contributed by atoms with van der Waals surface area (Å²) in [6.45, 7) is 0. The Morgan fingerprint density at radius 3 is 2.52 bits per heavy atom. The van der Waals surface area contributed by atoms with Gasteiger partial charge in [0.15, 0.2) is 0 Å². The van der Waals surface area contributed by atoms with E-state index in [1.54, 1.807) is 14.2 Å². The Morgan fingerprint density at radius 2 is 1.81 bits per heavy atom. The minimum absolute atomic E-state index is 0.345. The van der Waals surface area contributed by atoms with E-state index in [4.69, 9.17) is 9.47 Å². The van der Waals surface area contributed by atoms with E-state index in [-0.39, 0.29) is 0 Å². The molecule has 1 aliphatic rings. The summed E-state index contributed by atoms with van der Waals surface area (Å²) in [6.07, 6.45) is 3.42. The smallest absolute Gasteiger partial charge is 0.122 e. The van der Waals surface area contributed by atoms with Crippen molar-refractivity contribution < 1.29 is 9.47 Å². The normalized spacial score (nSPS) is 17.0. The van der Waals surface area contributed by atoms with Gasteiger partial charge in [-0.05, 0) is 60.7 Å². The molecule has 0 aliphatic heterocycles. The molecule has 0 saturated heterocycles. The number of hydrogen-bond donors (Lipinski definition) is 1. The van der Waals surface area contributed by atoms with Gasteiger partial charge in [0.2, 0.25) is 0 Å². The second-order valence-electron chi connectivity index (χ2n) is 5.35. The molecule has 3 rings (SSSR count). The van der Waals surface area contributed by atoms with Crippen LogP contribution in [0.1, 0.15) is 30.0 Å². The van der Waals surface area contributed by atoms with Gasteiger partial charge in [-0.3, -0.25) is 0 Å². The quantitative estimate of drug-likeness (QED) is 0.912. The fraction of sp³-hybridized carbons (Fsp3) is 0.333. The third-order valence-electron chi connectivity index (χ3n) is 4.12. The van der Waals surface area contributed by atoms with Crippen LogP contribution in [-0.2, 0) is 6.42 Å². The maximum absolute atomic E-state index is 5.50. The second-order valence-corrected chi connectivity index (χ2v) is 5.35. The molecule has 0 heterocycles. The highest BCUT2D eigenvalue weighted by molar-refractivity contribution is 5.51. The number of nitrogens with one attached hydrogen (secondary N) is 1. The highest BCUT2D eigenvalue weighted by Crippen LogP contribution is 2.37. The zero-order chi connectivity index (χ0) is 14.7. The number of methoxy groups -OCH3 is 2. The van der Waals surface area contributed by atoms with Gasteiger partial charge in [-0.1, -0.05) is 12.1 Å². The van der Waals surface area contributed by atoms with Crippen LogP contribution < -0.4 is 14.8 Å². The number of hydrogen-bond acceptors (Lipinski definition) is 3. The van der Waals surface area contributed by atoms with Gasteiger partial charge in [-0.2, -0.15) is 0 Å². The Hall–Kier alpha value is -2.16. The fourth-order valence-corrected chi connectivity index (χ4v) is 3.04. The molecule has 110 valence electrons. The fourth-order valence-electron chi connectivity index (χ4n) is 3.04. The SMILES string of the molecule is COc1ccc(N[C@@H]2CCCc3c(OC)cccc32)cc1. The van der Waals surface area contributed by atoms with E-state index in [2.05, 4.69) is 35.6 Å². The zero-order valence-corrected chi connectivity index (χ0v) is 12.6. The molecule has 0 aromatic heterocycles. The molecule has 3 heteroatoms. The van der Waals surface area contributed by atoms with E-state index in [0.29, 0.717) is 6.04 Å². The Bertz CT molecular complexity index is 607. The first-order chi connectivity index (χ1) is 10.3. The summed E-state index contributed by atoms with van der Waals surface area (Å²) in [4.78, 5) is 0. The van der Waals surface area contributed by atoms with Crippen molar-refractivity contribution in [3.8, 4) is 11.5 Å². The van der Waals surface area contributed by atoms with E-state index in [1.807, 2.05) is 12.1 Å². The molecule has 2 aromatic rings. The summed E-state index contributed by atoms with van der Waals surface area (Å²) >= 11 is 0. The van der Waals surface area contributed by atoms with Gasteiger partial charge in [-0.25, -0.2) is 0 Å². The minimum Gasteiger partial charge on any atom is -0.497 e. The Kier molecular flexibility index (Phi) is 4.00. The molecular formula is C18H21NO2. The van der Waals surface area contributed by atoms with Crippen LogP contribution in [0, 0.1) is 0 Å². The number of ether oxygens (including phenoxy) is 2. The van der Waals surface area contributed by atoms with Gasteiger partial charge >= 0.3 is 0 Å². The number of benzene rings is 2. The summed E-state index contributed by atoms with van der Waals surface area (Å²) in [5, 5.41) is 3.63. The van der Waals surface area contributed by atoms with Crippen molar-refractivity contribution in [3.63, 3.8) is 0 Å². The third-order valence-corrected chi connectivity index (χ3v) is 4.12. The van der Waals surface area contributed by atoms with Crippen LogP contribution in [0.2, 0.25) is 0 Å². The van der Waals surface area contributed by atoms with Crippen LogP contribution in [0.5, 0.6) is 11.5 Å². The van der Waals surface area contributed by atoms with E-state index in [0.717, 1.165) is 30.0 Å². The molecule has 3 nitrogen and oxygen atoms in total. The minimum atomic E-state index is 0.345. The summed E-state index contributed by atoms with van der Waals surface area (Å²) in [6, 6.07) is 14.8. The van der Waals surface area contributed by atoms with Gasteiger partial charge in [-0.15, -0.1) is 0 Å². The van der Waals surface area contributed by atoms with Crippen LogP contribution >= 0.6 is 0 Å². The monoisotopic (exact) mass is 283 g/mol. The number of fused-ring (bicyclic) bond motifs is 1. The van der Waals surface area contributed by atoms with Crippen molar-refractivity contribution in [1.82, 2.24) is 0 Å². The van der Waals surface area contributed by atoms with Crippen LogP contribution in [0.15, 0.2) is 42.5 Å². The van der Waals surface area contributed by atoms with Crippen molar-refractivity contribution in [2.24, 2.45) is 0 Å². The zero-order valence-electron chi connectivity index (χ0n) is 12.6. The number of anilines is 1. The number of rotatable bonds is 4. The molecule has 2 aromatic carbocycles. The van der Waals surface area contributed by atoms with Crippen LogP contribution in [0.3, 0.4) is 0 Å². The summed E-state index contributed by atoms with van der Waals surface area (Å²) < 4.78 is 10.7. The van der Waals surface area contributed by atoms with Gasteiger partial charge in [0.25, 0.3) is 0 Å². The lowest BCUT2D eigenvalue weighted by Crippen LogP contribution is -2.18. The van der Waals surface area contributed by atoms with E-state index >= 15 is 0 Å². The van der Waals surface area contributed by atoms with Crippen molar-refractivity contribution in [3.05, 3.63) is 53.6 Å². The average molecular weight is 283 g/mol. The molecule has 1 atom stereocenters. The molecular weight excluding hydrogens is 262 g/mol. The molecule has 0 saturated carbocycles. The Balaban J connectivity index is 1.84. The van der Waals surface area contributed by atoms with Gasteiger partial charge in [0.1, 0.15) is 11.5 Å². The first-order valence-electron chi connectivity index (χ1n) is 7.38. The van der Waals surface area contributed by atoms with Crippen LogP contribution in [0.25, 0.3) is 0 Å². The lowest BCUT2D eigenvalue weighted by atomic mass is 9.87. The highest BCUT2D eigenvalue weighted by Gasteiger charge is 2.22. The molecule has 1 N–H and O–H groups in total. The maximum atomic E-state index is 5.50. The van der Waals surface area contributed by atoms with E-state index in [9.17, 15) is 0 Å². The van der Waals surface area contributed by atoms with Crippen LogP contribution in [-0.4, -0.2) is 14.2 Å². The predicted octanol–water partition coefficient (Wildman–Crippen LogP) is 4.19. The lowest BCUT2D eigenvalue weighted by molar-refractivity contribution is 0.404. The Morgan fingerprint density at radius 1 is 1.00 bits per heavy atom. The highest BCUT2D eigenvalue weighted by atomic mass is 16.5. The largest absolute Gasteiger partial charge is 0.497 e. The summed E-state index contributed by atoms with van der Waals surface area (Å²) in [5.74, 6) is 1.89. The molecule has 0 fully saturated rings. The Labute approximate surface area is 125 Å². The molecule has 0 amide bonds. The first-order valence-corrected chi connectivity index (χ1v) is 7.38. The van der Waals surface area contributed by atoms with Gasteiger partial charge < -0.3 is 14.8 Å². The van der Waals surface area contributed by atoms with E-state index < -0.39 is 0 Å². The molecule has 1 aliphatic carbocycles. The van der Waals surface area contributed by atoms with Crippen molar-refractivity contribution in [2.75, 3.05) is 19.5 Å². The summed E-state index contributed by atoms with van der Waals surface area (Å²) in [7, 11) is 3.43. The molecule has 21 heavy (non-hydrogen) atoms. The predicted molar refractivity (Wildman–Crippen MR) is 85.3 cm³/mol. The lowest BCUT2D eigenvalue weighted by Gasteiger charge is -2.28. The average Bonchev–Trinajstić information content (AvgIpc) is 2.55.